The summed E-state index contributed by atoms with van der Waals surface area (Å²) < 4.78 is 0. The summed E-state index contributed by atoms with van der Waals surface area (Å²) >= 11 is 0. The monoisotopic (exact) mass is 782 g/mol. The number of hydrogen-bond acceptors (Lipinski definition) is 10. The van der Waals surface area contributed by atoms with Gasteiger partial charge in [-0.15, -0.1) is 0 Å². The zero-order valence-electron chi connectivity index (χ0n) is 31.5. The molecule has 4 heterocycles. The number of benzene rings is 6. The Hall–Kier alpha value is -8.38. The molecule has 4 amide bonds. The molecule has 10 rings (SSSR count). The van der Waals surface area contributed by atoms with Gasteiger partial charge in [0.25, 0.3) is 23.6 Å². The fourth-order valence-electron chi connectivity index (χ4n) is 8.14. The van der Waals surface area contributed by atoms with Gasteiger partial charge in [-0.3, -0.25) is 19.2 Å². The molecule has 12 nitrogen and oxygen atoms in total. The Labute approximate surface area is 342 Å². The van der Waals surface area contributed by atoms with Crippen molar-refractivity contribution in [2.24, 2.45) is 0 Å². The summed E-state index contributed by atoms with van der Waals surface area (Å²) in [6, 6.07) is 52.5. The third-order valence-corrected chi connectivity index (χ3v) is 10.8. The van der Waals surface area contributed by atoms with Crippen LogP contribution in [0, 0.1) is 0 Å². The van der Waals surface area contributed by atoms with Gasteiger partial charge in [0, 0.05) is 22.3 Å². The van der Waals surface area contributed by atoms with Crippen molar-refractivity contribution in [3.05, 3.63) is 193 Å². The van der Waals surface area contributed by atoms with Crippen molar-refractivity contribution in [3.63, 3.8) is 0 Å². The highest BCUT2D eigenvalue weighted by molar-refractivity contribution is 6.51. The Balaban J connectivity index is 1.24. The number of carbonyl (C=O) groups is 4. The molecule has 0 unspecified atom stereocenters. The summed E-state index contributed by atoms with van der Waals surface area (Å²) in [7, 11) is 0. The lowest BCUT2D eigenvalue weighted by molar-refractivity contribution is -0.135. The van der Waals surface area contributed by atoms with E-state index in [-0.39, 0.29) is 46.3 Å². The first-order chi connectivity index (χ1) is 29.4. The van der Waals surface area contributed by atoms with Gasteiger partial charge in [0.2, 0.25) is 11.9 Å². The van der Waals surface area contributed by atoms with Crippen LogP contribution < -0.4 is 9.80 Å². The van der Waals surface area contributed by atoms with Crippen LogP contribution in [0.5, 0.6) is 0 Å². The summed E-state index contributed by atoms with van der Waals surface area (Å²) in [5.41, 5.74) is -2.46. The quantitative estimate of drug-likeness (QED) is 0.116. The Morgan fingerprint density at radius 1 is 0.283 bits per heavy atom. The predicted octanol–water partition coefficient (Wildman–Crippen LogP) is 7.05. The summed E-state index contributed by atoms with van der Waals surface area (Å²) in [5.74, 6) is -4.08. The Bertz CT molecular complexity index is 2610. The number of nitrogens with zero attached hydrogens (tertiary/aromatic N) is 8. The van der Waals surface area contributed by atoms with E-state index in [0.717, 1.165) is 9.80 Å². The molecule has 2 fully saturated rings. The fraction of sp³-hybridized carbons (Fsp3) is 0.0417. The van der Waals surface area contributed by atoms with Gasteiger partial charge in [0.05, 0.1) is 0 Å². The van der Waals surface area contributed by atoms with Crippen LogP contribution in [0.15, 0.2) is 182 Å². The molecular weight excluding hydrogens is 753 g/mol. The van der Waals surface area contributed by atoms with E-state index in [9.17, 15) is 0 Å². The molecule has 12 heteroatoms. The molecule has 286 valence electrons. The van der Waals surface area contributed by atoms with Gasteiger partial charge in [-0.05, 0) is 11.1 Å². The van der Waals surface area contributed by atoms with Crippen LogP contribution in [0.3, 0.4) is 0 Å². The average Bonchev–Trinajstić information content (AvgIpc) is 3.67. The number of carbonyl (C=O) groups excluding carboxylic acids is 4. The van der Waals surface area contributed by atoms with Gasteiger partial charge in [0.1, 0.15) is 0 Å². The Morgan fingerprint density at radius 3 is 0.733 bits per heavy atom. The summed E-state index contributed by atoms with van der Waals surface area (Å²) in [4.78, 5) is 93.2. The number of fused-ring (bicyclic) bond motifs is 1. The topological polar surface area (TPSA) is 152 Å². The van der Waals surface area contributed by atoms with E-state index in [4.69, 9.17) is 29.9 Å². The molecule has 0 atom stereocenters. The van der Waals surface area contributed by atoms with Crippen LogP contribution in [0.2, 0.25) is 0 Å². The van der Waals surface area contributed by atoms with Crippen LogP contribution in [0.1, 0.15) is 11.1 Å². The zero-order valence-corrected chi connectivity index (χ0v) is 31.5. The molecule has 0 aliphatic carbocycles. The zero-order chi connectivity index (χ0) is 40.8. The second-order valence-electron chi connectivity index (χ2n) is 14.2. The molecule has 2 aromatic heterocycles. The minimum atomic E-state index is -2.51. The maximum Gasteiger partial charge on any atom is 0.258 e. The number of amides is 4. The van der Waals surface area contributed by atoms with Gasteiger partial charge in [-0.25, -0.2) is 19.8 Å². The number of rotatable bonds is 8. The first kappa shape index (κ1) is 36.0. The minimum absolute atomic E-state index is 0.108. The lowest BCUT2D eigenvalue weighted by atomic mass is 9.59. The maximum absolute atomic E-state index is 15.9. The molecule has 0 radical (unpaired) electrons. The van der Waals surface area contributed by atoms with E-state index in [0.29, 0.717) is 22.3 Å². The van der Waals surface area contributed by atoms with Crippen molar-refractivity contribution < 1.29 is 19.2 Å². The van der Waals surface area contributed by atoms with E-state index in [1.54, 1.807) is 109 Å². The first-order valence-corrected chi connectivity index (χ1v) is 19.1. The molecule has 6 aromatic carbocycles. The van der Waals surface area contributed by atoms with Crippen molar-refractivity contribution >= 4 is 35.5 Å². The lowest BCUT2D eigenvalue weighted by Gasteiger charge is -2.31. The second-order valence-corrected chi connectivity index (χ2v) is 14.2. The summed E-state index contributed by atoms with van der Waals surface area (Å²) in [5, 5.41) is 0. The Kier molecular flexibility index (Phi) is 8.53. The van der Waals surface area contributed by atoms with Crippen LogP contribution >= 0.6 is 0 Å². The molecule has 0 N–H and O–H groups in total. The van der Waals surface area contributed by atoms with Gasteiger partial charge in [-0.1, -0.05) is 182 Å². The molecule has 0 saturated carbocycles. The van der Waals surface area contributed by atoms with Crippen LogP contribution in [0.4, 0.5) is 11.9 Å². The molecule has 8 aromatic rings. The summed E-state index contributed by atoms with van der Waals surface area (Å²) in [6.07, 6.45) is 0. The number of anilines is 2. The van der Waals surface area contributed by atoms with E-state index < -0.39 is 34.5 Å². The van der Waals surface area contributed by atoms with Crippen LogP contribution in [-0.4, -0.2) is 53.5 Å². The van der Waals surface area contributed by atoms with E-state index in [1.165, 1.54) is 0 Å². The SMILES string of the molecule is O=C1N(c2nc(-c3ccccc3)nc(-c3ccccc3)n2)C(=O)C2(c3ccccc3)C(=O)N(c3nc(-c4ccccc4)nc(-c4ccccc4)n3)C(=O)C12c1ccccc1. The molecule has 2 saturated heterocycles. The molecule has 0 bridgehead atoms. The van der Waals surface area contributed by atoms with Crippen molar-refractivity contribution in [2.45, 2.75) is 10.8 Å². The van der Waals surface area contributed by atoms with Gasteiger partial charge >= 0.3 is 0 Å². The minimum Gasteiger partial charge on any atom is -0.272 e. The Morgan fingerprint density at radius 2 is 0.500 bits per heavy atom. The molecular formula is C48H30N8O4. The summed E-state index contributed by atoms with van der Waals surface area (Å²) in [6.45, 7) is 0. The number of hydrogen-bond donors (Lipinski definition) is 0. The normalized spacial score (nSPS) is 18.5. The third-order valence-electron chi connectivity index (χ3n) is 10.8. The standard InChI is InChI=1S/C48H30N8O4/c57-41-47(35-27-15-5-16-28-35)43(59)56(46-53-39(33-23-11-3-12-24-33)50-40(54-46)34-25-13-4-14-26-34)44(60)48(47,36-29-17-6-18-30-36)42(58)55(41)45-51-37(31-19-7-1-8-20-31)49-38(52-45)32-21-9-2-10-22-32/h1-30H. The van der Waals surface area contributed by atoms with Crippen molar-refractivity contribution in [1.29, 1.82) is 0 Å². The molecule has 60 heavy (non-hydrogen) atoms. The van der Waals surface area contributed by atoms with E-state index in [2.05, 4.69) is 0 Å². The largest absolute Gasteiger partial charge is 0.272 e. The average molecular weight is 783 g/mol. The highest BCUT2D eigenvalue weighted by Gasteiger charge is 2.85. The van der Waals surface area contributed by atoms with Crippen molar-refractivity contribution in [2.75, 3.05) is 9.80 Å². The van der Waals surface area contributed by atoms with E-state index in [1.807, 2.05) is 72.8 Å². The van der Waals surface area contributed by atoms with Gasteiger partial charge in [-0.2, -0.15) is 19.9 Å². The molecule has 2 aliphatic rings. The predicted molar refractivity (Wildman–Crippen MR) is 223 cm³/mol. The van der Waals surface area contributed by atoms with Crippen LogP contribution in [-0.2, 0) is 30.0 Å². The number of aromatic nitrogens is 6. The second kappa shape index (κ2) is 14.2. The molecule has 2 aliphatic heterocycles. The van der Waals surface area contributed by atoms with E-state index >= 15 is 19.2 Å². The fourth-order valence-corrected chi connectivity index (χ4v) is 8.14. The van der Waals surface area contributed by atoms with Crippen molar-refractivity contribution in [3.8, 4) is 45.6 Å². The highest BCUT2D eigenvalue weighted by atomic mass is 16.2. The number of imide groups is 2. The van der Waals surface area contributed by atoms with Crippen molar-refractivity contribution in [1.82, 2.24) is 29.9 Å². The van der Waals surface area contributed by atoms with Crippen LogP contribution in [0.25, 0.3) is 45.6 Å². The molecule has 0 spiro atoms. The first-order valence-electron chi connectivity index (χ1n) is 19.1. The third kappa shape index (κ3) is 5.31. The van der Waals surface area contributed by atoms with Gasteiger partial charge in [0.15, 0.2) is 34.1 Å². The maximum atomic E-state index is 15.9. The highest BCUT2D eigenvalue weighted by Crippen LogP contribution is 2.59. The lowest BCUT2D eigenvalue weighted by Crippen LogP contribution is -2.54. The smallest absolute Gasteiger partial charge is 0.258 e. The van der Waals surface area contributed by atoms with Gasteiger partial charge < -0.3 is 0 Å².